The van der Waals surface area contributed by atoms with Crippen molar-refractivity contribution >= 4 is 39.5 Å². The molecule has 3 aromatic rings. The number of thiazole rings is 1. The Hall–Kier alpha value is -2.77. The van der Waals surface area contributed by atoms with Gasteiger partial charge in [0.15, 0.2) is 10.9 Å². The van der Waals surface area contributed by atoms with Crippen LogP contribution in [0.2, 0.25) is 0 Å². The van der Waals surface area contributed by atoms with Crippen LogP contribution in [0.5, 0.6) is 0 Å². The summed E-state index contributed by atoms with van der Waals surface area (Å²) in [5, 5.41) is 12.9. The Kier molecular flexibility index (Phi) is 4.64. The molecule has 4 rings (SSSR count). The highest BCUT2D eigenvalue weighted by atomic mass is 32.1. The van der Waals surface area contributed by atoms with Gasteiger partial charge in [0, 0.05) is 4.88 Å². The summed E-state index contributed by atoms with van der Waals surface area (Å²) in [6.45, 7) is 5.78. The number of amides is 1. The first kappa shape index (κ1) is 18.6. The molecule has 0 saturated carbocycles. The summed E-state index contributed by atoms with van der Waals surface area (Å²) in [5.74, 6) is -1.44. The first-order valence-corrected chi connectivity index (χ1v) is 10.4. The number of hydrogen-bond donors (Lipinski definition) is 1. The molecule has 142 valence electrons. The largest absolute Gasteiger partial charge is 0.503 e. The predicted octanol–water partition coefficient (Wildman–Crippen LogP) is 4.91. The van der Waals surface area contributed by atoms with Crippen LogP contribution in [0, 0.1) is 20.8 Å². The molecule has 5 nitrogen and oxygen atoms in total. The van der Waals surface area contributed by atoms with Gasteiger partial charge in [0.25, 0.3) is 5.91 Å². The van der Waals surface area contributed by atoms with Gasteiger partial charge in [0.1, 0.15) is 0 Å². The average Bonchev–Trinajstić information content (AvgIpc) is 3.37. The van der Waals surface area contributed by atoms with Gasteiger partial charge in [-0.1, -0.05) is 35.9 Å². The molecule has 7 heteroatoms. The molecule has 1 amide bonds. The normalized spacial score (nSPS) is 16.9. The summed E-state index contributed by atoms with van der Waals surface area (Å²) in [7, 11) is 0. The Morgan fingerprint density at radius 2 is 1.86 bits per heavy atom. The third-order valence-electron chi connectivity index (χ3n) is 4.81. The zero-order chi connectivity index (χ0) is 20.0. The highest BCUT2D eigenvalue weighted by Gasteiger charge is 2.46. The number of carbonyl (C=O) groups excluding carboxylic acids is 2. The second-order valence-corrected chi connectivity index (χ2v) is 8.82. The highest BCUT2D eigenvalue weighted by molar-refractivity contribution is 7.16. The van der Waals surface area contributed by atoms with E-state index in [0.29, 0.717) is 10.0 Å². The fourth-order valence-electron chi connectivity index (χ4n) is 3.20. The molecule has 0 saturated heterocycles. The fourth-order valence-corrected chi connectivity index (χ4v) is 4.81. The third kappa shape index (κ3) is 2.96. The minimum atomic E-state index is -0.715. The number of nitrogens with zero attached hydrogens (tertiary/aromatic N) is 2. The van der Waals surface area contributed by atoms with E-state index in [9.17, 15) is 14.7 Å². The molecule has 1 aromatic carbocycles. The molecule has 1 aliphatic rings. The maximum absolute atomic E-state index is 13.2. The van der Waals surface area contributed by atoms with Crippen LogP contribution in [0.1, 0.15) is 37.4 Å². The van der Waals surface area contributed by atoms with Crippen LogP contribution in [0.4, 0.5) is 5.13 Å². The second-order valence-electron chi connectivity index (χ2n) is 6.70. The van der Waals surface area contributed by atoms with E-state index in [4.69, 9.17) is 0 Å². The molecule has 0 aliphatic carbocycles. The van der Waals surface area contributed by atoms with Gasteiger partial charge in [-0.05, 0) is 37.8 Å². The lowest BCUT2D eigenvalue weighted by atomic mass is 9.95. The zero-order valence-corrected chi connectivity index (χ0v) is 17.2. The smallest absolute Gasteiger partial charge is 0.296 e. The van der Waals surface area contributed by atoms with Gasteiger partial charge < -0.3 is 5.11 Å². The topological polar surface area (TPSA) is 70.5 Å². The minimum absolute atomic E-state index is 0.0989. The van der Waals surface area contributed by atoms with Crippen molar-refractivity contribution in [3.63, 3.8) is 0 Å². The molecular formula is C21H18N2O3S2. The van der Waals surface area contributed by atoms with Crippen molar-refractivity contribution in [3.05, 3.63) is 79.7 Å². The Balaban J connectivity index is 1.89. The molecule has 2 aromatic heterocycles. The van der Waals surface area contributed by atoms with E-state index in [1.54, 1.807) is 17.5 Å². The number of aromatic nitrogens is 1. The van der Waals surface area contributed by atoms with Crippen LogP contribution >= 0.6 is 22.7 Å². The Bertz CT molecular complexity index is 1080. The number of aliphatic hydroxyl groups is 1. The van der Waals surface area contributed by atoms with E-state index in [1.807, 2.05) is 45.0 Å². The minimum Gasteiger partial charge on any atom is -0.503 e. The van der Waals surface area contributed by atoms with Gasteiger partial charge in [0.05, 0.1) is 22.2 Å². The van der Waals surface area contributed by atoms with Crippen LogP contribution in [-0.4, -0.2) is 21.8 Å². The predicted molar refractivity (Wildman–Crippen MR) is 111 cm³/mol. The van der Waals surface area contributed by atoms with Crippen molar-refractivity contribution < 1.29 is 14.7 Å². The van der Waals surface area contributed by atoms with Crippen LogP contribution < -0.4 is 4.90 Å². The molecule has 0 unspecified atom stereocenters. The monoisotopic (exact) mass is 410 g/mol. The molecule has 1 N–H and O–H groups in total. The van der Waals surface area contributed by atoms with Crippen molar-refractivity contribution in [2.24, 2.45) is 0 Å². The SMILES string of the molecule is Cc1ccc([C@@H]2C(C(=O)c3cccs3)=C(O)C(=O)N2c2nc(C)c(C)s2)cc1. The molecule has 1 atom stereocenters. The van der Waals surface area contributed by atoms with Crippen molar-refractivity contribution in [3.8, 4) is 0 Å². The summed E-state index contributed by atoms with van der Waals surface area (Å²) in [6, 6.07) is 10.4. The van der Waals surface area contributed by atoms with E-state index in [1.165, 1.54) is 27.6 Å². The molecule has 0 spiro atoms. The third-order valence-corrected chi connectivity index (χ3v) is 6.75. The number of benzene rings is 1. The summed E-state index contributed by atoms with van der Waals surface area (Å²) >= 11 is 2.66. The molecule has 0 fully saturated rings. The van der Waals surface area contributed by atoms with E-state index in [0.717, 1.165) is 21.7 Å². The van der Waals surface area contributed by atoms with Crippen molar-refractivity contribution in [1.82, 2.24) is 4.98 Å². The Morgan fingerprint density at radius 3 is 2.43 bits per heavy atom. The van der Waals surface area contributed by atoms with Gasteiger partial charge in [-0.2, -0.15) is 0 Å². The van der Waals surface area contributed by atoms with Gasteiger partial charge >= 0.3 is 0 Å². The summed E-state index contributed by atoms with van der Waals surface area (Å²) in [5.41, 5.74) is 2.75. The van der Waals surface area contributed by atoms with Gasteiger partial charge in [0.2, 0.25) is 5.78 Å². The quantitative estimate of drug-likeness (QED) is 0.620. The van der Waals surface area contributed by atoms with E-state index in [2.05, 4.69) is 4.98 Å². The number of rotatable bonds is 4. The number of thiophene rings is 1. The zero-order valence-electron chi connectivity index (χ0n) is 15.6. The summed E-state index contributed by atoms with van der Waals surface area (Å²) in [4.78, 5) is 33.6. The van der Waals surface area contributed by atoms with E-state index >= 15 is 0 Å². The standard InChI is InChI=1S/C21H18N2O3S2/c1-11-6-8-14(9-7-11)17-16(18(24)15-5-4-10-27-15)19(25)20(26)23(17)21-22-12(2)13(3)28-21/h4-10,17,25H,1-3H3/t17-/m1/s1. The lowest BCUT2D eigenvalue weighted by Gasteiger charge is -2.24. The molecule has 1 aliphatic heterocycles. The first-order valence-electron chi connectivity index (χ1n) is 8.74. The maximum Gasteiger partial charge on any atom is 0.296 e. The molecule has 0 bridgehead atoms. The van der Waals surface area contributed by atoms with Crippen molar-refractivity contribution in [2.45, 2.75) is 26.8 Å². The number of Topliss-reactive ketones (excluding diaryl/α,β-unsaturated/α-hetero) is 1. The van der Waals surface area contributed by atoms with Crippen molar-refractivity contribution in [1.29, 1.82) is 0 Å². The highest BCUT2D eigenvalue weighted by Crippen LogP contribution is 2.43. The van der Waals surface area contributed by atoms with E-state index in [-0.39, 0.29) is 11.4 Å². The maximum atomic E-state index is 13.2. The lowest BCUT2D eigenvalue weighted by Crippen LogP contribution is -2.31. The number of aryl methyl sites for hydroxylation is 3. The molecule has 28 heavy (non-hydrogen) atoms. The molecule has 3 heterocycles. The number of carbonyl (C=O) groups is 2. The number of ketones is 1. The number of aliphatic hydroxyl groups excluding tert-OH is 1. The van der Waals surface area contributed by atoms with Crippen LogP contribution in [-0.2, 0) is 4.79 Å². The first-order chi connectivity index (χ1) is 13.4. The number of anilines is 1. The Labute approximate surface area is 170 Å². The fraction of sp³-hybridized carbons (Fsp3) is 0.190. The van der Waals surface area contributed by atoms with Gasteiger partial charge in [-0.3, -0.25) is 14.5 Å². The van der Waals surface area contributed by atoms with Crippen LogP contribution in [0.25, 0.3) is 0 Å². The Morgan fingerprint density at radius 1 is 1.14 bits per heavy atom. The average molecular weight is 411 g/mol. The summed E-state index contributed by atoms with van der Waals surface area (Å²) < 4.78 is 0. The van der Waals surface area contributed by atoms with Gasteiger partial charge in [-0.25, -0.2) is 4.98 Å². The second kappa shape index (κ2) is 7.00. The van der Waals surface area contributed by atoms with Gasteiger partial charge in [-0.15, -0.1) is 22.7 Å². The summed E-state index contributed by atoms with van der Waals surface area (Å²) in [6.07, 6.45) is 0. The lowest BCUT2D eigenvalue weighted by molar-refractivity contribution is -0.117. The van der Waals surface area contributed by atoms with Crippen molar-refractivity contribution in [2.75, 3.05) is 4.90 Å². The van der Waals surface area contributed by atoms with Crippen LogP contribution in [0.15, 0.2) is 53.1 Å². The van der Waals surface area contributed by atoms with Crippen LogP contribution in [0.3, 0.4) is 0 Å². The van der Waals surface area contributed by atoms with E-state index < -0.39 is 17.7 Å². The molecular weight excluding hydrogens is 392 g/mol. The number of hydrogen-bond acceptors (Lipinski definition) is 6. The molecule has 0 radical (unpaired) electrons.